The normalized spacial score (nSPS) is 18.4. The van der Waals surface area contributed by atoms with Crippen LogP contribution in [0.2, 0.25) is 0 Å². The summed E-state index contributed by atoms with van der Waals surface area (Å²) in [6.07, 6.45) is 0.0591. The number of pyridine rings is 1. The molecule has 31 heavy (non-hydrogen) atoms. The maximum atomic E-state index is 14.0. The molecule has 1 heterocycles. The van der Waals surface area contributed by atoms with Gasteiger partial charge in [-0.2, -0.15) is 13.2 Å². The van der Waals surface area contributed by atoms with E-state index in [0.717, 1.165) is 36.4 Å². The number of carbonyl (C=O) groups excluding carboxylic acids is 1. The SMILES string of the molecule is CNc1ccc(C2CCCC(C(=O)Nc3ccc(C(F)(F)F)cc3F)C2)nc1.O=CO. The number of carbonyl (C=O) groups is 2. The van der Waals surface area contributed by atoms with E-state index in [0.29, 0.717) is 18.9 Å². The molecule has 0 bridgehead atoms. The van der Waals surface area contributed by atoms with E-state index in [-0.39, 0.29) is 29.9 Å². The summed E-state index contributed by atoms with van der Waals surface area (Å²) < 4.78 is 51.9. The number of hydrogen-bond donors (Lipinski definition) is 3. The molecule has 1 aromatic heterocycles. The number of carboxylic acid groups (broad SMARTS) is 1. The van der Waals surface area contributed by atoms with Crippen molar-refractivity contribution in [2.75, 3.05) is 17.7 Å². The third-order valence-electron chi connectivity index (χ3n) is 5.09. The number of halogens is 4. The molecule has 1 aliphatic rings. The molecule has 0 spiro atoms. The maximum absolute atomic E-state index is 14.0. The standard InChI is InChI=1S/C20H21F4N3O.CH2O2/c1-25-15-6-8-17(26-11-15)12-3-2-4-13(9-12)19(28)27-18-7-5-14(10-16(18)21)20(22,23)24;2-1-3/h5-8,10-13,25H,2-4,9H2,1H3,(H,27,28);1H,(H,2,3). The Bertz CT molecular complexity index is 888. The zero-order valence-electron chi connectivity index (χ0n) is 16.7. The van der Waals surface area contributed by atoms with Gasteiger partial charge in [0.05, 0.1) is 23.1 Å². The number of nitrogens with zero attached hydrogens (tertiary/aromatic N) is 1. The first-order valence-corrected chi connectivity index (χ1v) is 9.58. The molecule has 10 heteroatoms. The van der Waals surface area contributed by atoms with Crippen LogP contribution in [-0.4, -0.2) is 29.5 Å². The van der Waals surface area contributed by atoms with Crippen LogP contribution >= 0.6 is 0 Å². The number of alkyl halides is 3. The smallest absolute Gasteiger partial charge is 0.416 e. The van der Waals surface area contributed by atoms with Gasteiger partial charge >= 0.3 is 6.18 Å². The fourth-order valence-corrected chi connectivity index (χ4v) is 3.52. The van der Waals surface area contributed by atoms with E-state index in [4.69, 9.17) is 9.90 Å². The second kappa shape index (κ2) is 10.7. The number of aromatic nitrogens is 1. The minimum Gasteiger partial charge on any atom is -0.483 e. The molecule has 1 fully saturated rings. The molecule has 2 unspecified atom stereocenters. The zero-order valence-corrected chi connectivity index (χ0v) is 16.7. The molecule has 1 saturated carbocycles. The predicted octanol–water partition coefficient (Wildman–Crippen LogP) is 4.89. The monoisotopic (exact) mass is 441 g/mol. The van der Waals surface area contributed by atoms with Gasteiger partial charge in [-0.05, 0) is 49.6 Å². The summed E-state index contributed by atoms with van der Waals surface area (Å²) in [6, 6.07) is 5.95. The summed E-state index contributed by atoms with van der Waals surface area (Å²) in [4.78, 5) is 25.3. The molecule has 6 nitrogen and oxygen atoms in total. The van der Waals surface area contributed by atoms with Crippen LogP contribution in [0.25, 0.3) is 0 Å². The molecule has 2 aromatic rings. The van der Waals surface area contributed by atoms with Gasteiger partial charge in [-0.1, -0.05) is 6.42 Å². The number of hydrogen-bond acceptors (Lipinski definition) is 4. The summed E-state index contributed by atoms with van der Waals surface area (Å²) in [5, 5.41) is 12.3. The Kier molecular flexibility index (Phi) is 8.35. The van der Waals surface area contributed by atoms with Crippen LogP contribution < -0.4 is 10.6 Å². The van der Waals surface area contributed by atoms with Crippen LogP contribution in [0.5, 0.6) is 0 Å². The Hall–Kier alpha value is -3.17. The summed E-state index contributed by atoms with van der Waals surface area (Å²) in [5.74, 6) is -1.70. The molecular formula is C21H23F4N3O3. The summed E-state index contributed by atoms with van der Waals surface area (Å²) >= 11 is 0. The fraction of sp³-hybridized carbons (Fsp3) is 0.381. The van der Waals surface area contributed by atoms with Crippen molar-refractivity contribution in [3.8, 4) is 0 Å². The molecule has 168 valence electrons. The van der Waals surface area contributed by atoms with E-state index in [1.54, 1.807) is 13.2 Å². The predicted molar refractivity (Wildman–Crippen MR) is 107 cm³/mol. The molecule has 0 aliphatic heterocycles. The Morgan fingerprint density at radius 3 is 2.48 bits per heavy atom. The Morgan fingerprint density at radius 1 is 1.23 bits per heavy atom. The molecule has 1 amide bonds. The largest absolute Gasteiger partial charge is 0.483 e. The Morgan fingerprint density at radius 2 is 1.94 bits per heavy atom. The van der Waals surface area contributed by atoms with E-state index in [9.17, 15) is 22.4 Å². The highest BCUT2D eigenvalue weighted by atomic mass is 19.4. The molecule has 1 aliphatic carbocycles. The lowest BCUT2D eigenvalue weighted by molar-refractivity contribution is -0.137. The van der Waals surface area contributed by atoms with Crippen LogP contribution in [0, 0.1) is 11.7 Å². The number of rotatable bonds is 4. The van der Waals surface area contributed by atoms with Gasteiger partial charge in [0.15, 0.2) is 0 Å². The average molecular weight is 441 g/mol. The number of anilines is 2. The summed E-state index contributed by atoms with van der Waals surface area (Å²) in [6.45, 7) is -0.250. The molecular weight excluding hydrogens is 418 g/mol. The molecule has 0 saturated heterocycles. The van der Waals surface area contributed by atoms with Crippen molar-refractivity contribution < 1.29 is 32.3 Å². The molecule has 3 N–H and O–H groups in total. The van der Waals surface area contributed by atoms with Crippen LogP contribution in [0.3, 0.4) is 0 Å². The average Bonchev–Trinajstić information content (AvgIpc) is 2.75. The van der Waals surface area contributed by atoms with Crippen molar-refractivity contribution >= 4 is 23.8 Å². The zero-order chi connectivity index (χ0) is 23.0. The van der Waals surface area contributed by atoms with Crippen LogP contribution in [-0.2, 0) is 15.8 Å². The molecule has 3 rings (SSSR count). The van der Waals surface area contributed by atoms with Crippen molar-refractivity contribution in [1.82, 2.24) is 4.98 Å². The molecule has 0 radical (unpaired) electrons. The number of amides is 1. The van der Waals surface area contributed by atoms with Gasteiger partial charge in [0.2, 0.25) is 5.91 Å². The highest BCUT2D eigenvalue weighted by Gasteiger charge is 2.32. The first-order valence-electron chi connectivity index (χ1n) is 9.58. The van der Waals surface area contributed by atoms with Crippen LogP contribution in [0.4, 0.5) is 28.9 Å². The third kappa shape index (κ3) is 6.66. The van der Waals surface area contributed by atoms with Gasteiger partial charge in [-0.25, -0.2) is 4.39 Å². The second-order valence-electron chi connectivity index (χ2n) is 7.07. The Balaban J connectivity index is 0.00000107. The minimum atomic E-state index is -4.63. The van der Waals surface area contributed by atoms with E-state index < -0.39 is 17.6 Å². The van der Waals surface area contributed by atoms with Crippen molar-refractivity contribution in [2.24, 2.45) is 5.92 Å². The van der Waals surface area contributed by atoms with E-state index in [1.165, 1.54) is 0 Å². The molecule has 1 aromatic carbocycles. The van der Waals surface area contributed by atoms with E-state index in [2.05, 4.69) is 15.6 Å². The van der Waals surface area contributed by atoms with Crippen LogP contribution in [0.15, 0.2) is 36.5 Å². The highest BCUT2D eigenvalue weighted by molar-refractivity contribution is 5.92. The van der Waals surface area contributed by atoms with E-state index >= 15 is 0 Å². The summed E-state index contributed by atoms with van der Waals surface area (Å²) in [7, 11) is 1.80. The quantitative estimate of drug-likeness (QED) is 0.464. The van der Waals surface area contributed by atoms with Crippen LogP contribution in [0.1, 0.15) is 42.9 Å². The first-order chi connectivity index (χ1) is 14.7. The van der Waals surface area contributed by atoms with Gasteiger partial charge < -0.3 is 15.7 Å². The second-order valence-corrected chi connectivity index (χ2v) is 7.07. The van der Waals surface area contributed by atoms with Crippen molar-refractivity contribution in [1.29, 1.82) is 0 Å². The van der Waals surface area contributed by atoms with Gasteiger partial charge in [-0.15, -0.1) is 0 Å². The lowest BCUT2D eigenvalue weighted by atomic mass is 9.79. The minimum absolute atomic E-state index is 0.118. The van der Waals surface area contributed by atoms with E-state index in [1.807, 2.05) is 12.1 Å². The molecule has 2 atom stereocenters. The topological polar surface area (TPSA) is 91.3 Å². The van der Waals surface area contributed by atoms with Crippen molar-refractivity contribution in [3.05, 3.63) is 53.6 Å². The van der Waals surface area contributed by atoms with Gasteiger partial charge in [-0.3, -0.25) is 14.6 Å². The van der Waals surface area contributed by atoms with Gasteiger partial charge in [0, 0.05) is 24.6 Å². The Labute approximate surface area is 176 Å². The summed E-state index contributed by atoms with van der Waals surface area (Å²) in [5.41, 5.74) is 0.470. The lowest BCUT2D eigenvalue weighted by Gasteiger charge is -2.28. The van der Waals surface area contributed by atoms with Crippen molar-refractivity contribution in [2.45, 2.75) is 37.8 Å². The number of nitrogens with one attached hydrogen (secondary N) is 2. The van der Waals surface area contributed by atoms with Gasteiger partial charge in [0.25, 0.3) is 6.47 Å². The van der Waals surface area contributed by atoms with Gasteiger partial charge in [0.1, 0.15) is 5.82 Å². The third-order valence-corrected chi connectivity index (χ3v) is 5.09. The number of benzene rings is 1. The fourth-order valence-electron chi connectivity index (χ4n) is 3.52. The lowest BCUT2D eigenvalue weighted by Crippen LogP contribution is -2.28. The maximum Gasteiger partial charge on any atom is 0.416 e. The first kappa shape index (κ1) is 24.1. The highest BCUT2D eigenvalue weighted by Crippen LogP contribution is 2.37. The van der Waals surface area contributed by atoms with Crippen molar-refractivity contribution in [3.63, 3.8) is 0 Å².